The van der Waals surface area contributed by atoms with Crippen LogP contribution in [0.15, 0.2) is 60.7 Å². The summed E-state index contributed by atoms with van der Waals surface area (Å²) in [6.45, 7) is 0.529. The van der Waals surface area contributed by atoms with E-state index in [4.69, 9.17) is 9.05 Å². The zero-order valence-electron chi connectivity index (χ0n) is 12.9. The van der Waals surface area contributed by atoms with Gasteiger partial charge < -0.3 is 14.2 Å². The molecule has 1 aliphatic carbocycles. The molecule has 0 saturated heterocycles. The van der Waals surface area contributed by atoms with E-state index < -0.39 is 7.60 Å². The highest BCUT2D eigenvalue weighted by Crippen LogP contribution is 2.65. The number of hydrogen-bond acceptors (Lipinski definition) is 4. The summed E-state index contributed by atoms with van der Waals surface area (Å²) >= 11 is 0. The molecule has 2 atom stereocenters. The number of aliphatic hydroxyl groups is 1. The van der Waals surface area contributed by atoms with Gasteiger partial charge in [-0.1, -0.05) is 60.7 Å². The second-order valence-corrected chi connectivity index (χ2v) is 8.06. The molecule has 1 fully saturated rings. The molecule has 0 aromatic heterocycles. The fourth-order valence-corrected chi connectivity index (χ4v) is 4.78. The van der Waals surface area contributed by atoms with Gasteiger partial charge in [-0.05, 0) is 23.5 Å². The Labute approximate surface area is 136 Å². The average Bonchev–Trinajstić information content (AvgIpc) is 3.41. The van der Waals surface area contributed by atoms with Crippen LogP contribution in [0.5, 0.6) is 0 Å². The standard InChI is InChI=1S/C18H21O4P/c19-12-17-11-18(17)23(20,21-13-15-7-3-1-4-8-15)22-14-16-9-5-2-6-10-16/h1-10,17-19H,11-14H2/t17-,18+/m0/s1. The van der Waals surface area contributed by atoms with Gasteiger partial charge in [-0.3, -0.25) is 4.57 Å². The van der Waals surface area contributed by atoms with Gasteiger partial charge in [0, 0.05) is 6.61 Å². The van der Waals surface area contributed by atoms with Crippen LogP contribution in [0, 0.1) is 5.92 Å². The summed E-state index contributed by atoms with van der Waals surface area (Å²) in [4.78, 5) is 0. The van der Waals surface area contributed by atoms with Crippen molar-refractivity contribution in [3.05, 3.63) is 71.8 Å². The molecule has 0 spiro atoms. The first-order valence-electron chi connectivity index (χ1n) is 7.79. The van der Waals surface area contributed by atoms with Crippen LogP contribution in [0.4, 0.5) is 0 Å². The van der Waals surface area contributed by atoms with E-state index in [2.05, 4.69) is 0 Å². The van der Waals surface area contributed by atoms with Crippen LogP contribution in [0.25, 0.3) is 0 Å². The van der Waals surface area contributed by atoms with E-state index >= 15 is 0 Å². The molecule has 23 heavy (non-hydrogen) atoms. The molecule has 0 bridgehead atoms. The number of hydrogen-bond donors (Lipinski definition) is 1. The third-order valence-corrected chi connectivity index (χ3v) is 6.46. The zero-order valence-corrected chi connectivity index (χ0v) is 13.8. The van der Waals surface area contributed by atoms with Crippen LogP contribution in [-0.4, -0.2) is 17.4 Å². The second kappa shape index (κ2) is 7.41. The smallest absolute Gasteiger partial charge is 0.334 e. The van der Waals surface area contributed by atoms with E-state index in [-0.39, 0.29) is 31.4 Å². The Bertz CT molecular complexity index is 612. The summed E-state index contributed by atoms with van der Waals surface area (Å²) in [7, 11) is -3.24. The monoisotopic (exact) mass is 332 g/mol. The van der Waals surface area contributed by atoms with Gasteiger partial charge in [0.2, 0.25) is 0 Å². The molecular weight excluding hydrogens is 311 g/mol. The van der Waals surface area contributed by atoms with E-state index in [0.29, 0.717) is 6.42 Å². The van der Waals surface area contributed by atoms with Gasteiger partial charge in [0.1, 0.15) is 0 Å². The van der Waals surface area contributed by atoms with Crippen molar-refractivity contribution in [3.63, 3.8) is 0 Å². The number of aliphatic hydroxyl groups excluding tert-OH is 1. The Morgan fingerprint density at radius 1 is 0.913 bits per heavy atom. The largest absolute Gasteiger partial charge is 0.396 e. The molecule has 0 amide bonds. The molecule has 0 radical (unpaired) electrons. The maximum atomic E-state index is 13.1. The lowest BCUT2D eigenvalue weighted by atomic mass is 10.2. The normalized spacial score (nSPS) is 20.4. The van der Waals surface area contributed by atoms with Crippen LogP contribution in [0.1, 0.15) is 17.5 Å². The average molecular weight is 332 g/mol. The summed E-state index contributed by atoms with van der Waals surface area (Å²) in [6, 6.07) is 19.2. The minimum atomic E-state index is -3.24. The summed E-state index contributed by atoms with van der Waals surface area (Å²) in [5, 5.41) is 9.28. The molecule has 0 heterocycles. The first-order valence-corrected chi connectivity index (χ1v) is 9.40. The quantitative estimate of drug-likeness (QED) is 0.743. The second-order valence-electron chi connectivity index (χ2n) is 5.80. The van der Waals surface area contributed by atoms with E-state index in [1.165, 1.54) is 0 Å². The van der Waals surface area contributed by atoms with E-state index in [9.17, 15) is 9.67 Å². The van der Waals surface area contributed by atoms with Crippen LogP contribution in [-0.2, 0) is 26.8 Å². The van der Waals surface area contributed by atoms with E-state index in [1.807, 2.05) is 60.7 Å². The molecule has 4 nitrogen and oxygen atoms in total. The van der Waals surface area contributed by atoms with Crippen LogP contribution in [0.2, 0.25) is 0 Å². The third-order valence-electron chi connectivity index (χ3n) is 4.03. The predicted octanol–water partition coefficient (Wildman–Crippen LogP) is 3.99. The van der Waals surface area contributed by atoms with Crippen molar-refractivity contribution in [2.24, 2.45) is 5.92 Å². The van der Waals surface area contributed by atoms with E-state index in [1.54, 1.807) is 0 Å². The maximum absolute atomic E-state index is 13.1. The van der Waals surface area contributed by atoms with Crippen molar-refractivity contribution >= 4 is 7.60 Å². The van der Waals surface area contributed by atoms with Crippen molar-refractivity contribution in [1.29, 1.82) is 0 Å². The summed E-state index contributed by atoms with van der Waals surface area (Å²) in [5.41, 5.74) is 1.72. The van der Waals surface area contributed by atoms with Gasteiger partial charge >= 0.3 is 7.60 Å². The Morgan fingerprint density at radius 3 is 1.78 bits per heavy atom. The molecule has 122 valence electrons. The predicted molar refractivity (Wildman–Crippen MR) is 89.0 cm³/mol. The molecule has 3 rings (SSSR count). The molecule has 2 aromatic rings. The molecule has 1 saturated carbocycles. The fraction of sp³-hybridized carbons (Fsp3) is 0.333. The lowest BCUT2D eigenvalue weighted by molar-refractivity contribution is 0.186. The van der Waals surface area contributed by atoms with Gasteiger partial charge in [0.15, 0.2) is 0 Å². The summed E-state index contributed by atoms with van der Waals surface area (Å²) in [6.07, 6.45) is 0.692. The van der Waals surface area contributed by atoms with Gasteiger partial charge in [-0.15, -0.1) is 0 Å². The Balaban J connectivity index is 1.66. The zero-order chi connectivity index (χ0) is 16.1. The van der Waals surface area contributed by atoms with Gasteiger partial charge in [0.05, 0.1) is 18.9 Å². The molecule has 0 aliphatic heterocycles. The van der Waals surface area contributed by atoms with Crippen LogP contribution < -0.4 is 0 Å². The molecule has 1 aliphatic rings. The van der Waals surface area contributed by atoms with Crippen LogP contribution in [0.3, 0.4) is 0 Å². The Kier molecular flexibility index (Phi) is 5.29. The molecule has 5 heteroatoms. The van der Waals surface area contributed by atoms with Gasteiger partial charge in [-0.25, -0.2) is 0 Å². The SMILES string of the molecule is O=P(OCc1ccccc1)(OCc1ccccc1)[C@@H]1C[C@H]1CO. The lowest BCUT2D eigenvalue weighted by Gasteiger charge is -2.19. The minimum absolute atomic E-state index is 0.0207. The minimum Gasteiger partial charge on any atom is -0.396 e. The Morgan fingerprint density at radius 2 is 1.39 bits per heavy atom. The highest BCUT2D eigenvalue weighted by Gasteiger charge is 2.52. The molecule has 1 N–H and O–H groups in total. The van der Waals surface area contributed by atoms with Crippen molar-refractivity contribution in [1.82, 2.24) is 0 Å². The lowest BCUT2D eigenvalue weighted by Crippen LogP contribution is -2.04. The van der Waals surface area contributed by atoms with Gasteiger partial charge in [-0.2, -0.15) is 0 Å². The molecular formula is C18H21O4P. The molecule has 0 unspecified atom stereocenters. The number of rotatable bonds is 8. The van der Waals surface area contributed by atoms with Crippen LogP contribution >= 0.6 is 7.60 Å². The van der Waals surface area contributed by atoms with Crippen molar-refractivity contribution in [2.75, 3.05) is 6.61 Å². The number of benzene rings is 2. The fourth-order valence-electron chi connectivity index (χ4n) is 2.52. The van der Waals surface area contributed by atoms with Crippen molar-refractivity contribution < 1.29 is 18.7 Å². The maximum Gasteiger partial charge on any atom is 0.334 e. The van der Waals surface area contributed by atoms with Crippen molar-refractivity contribution in [2.45, 2.75) is 25.3 Å². The third kappa shape index (κ3) is 4.30. The van der Waals surface area contributed by atoms with E-state index in [0.717, 1.165) is 11.1 Å². The first-order chi connectivity index (χ1) is 11.2. The first kappa shape index (κ1) is 16.4. The highest BCUT2D eigenvalue weighted by molar-refractivity contribution is 7.55. The summed E-state index contributed by atoms with van der Waals surface area (Å²) < 4.78 is 24.6. The van der Waals surface area contributed by atoms with Gasteiger partial charge in [0.25, 0.3) is 0 Å². The summed E-state index contributed by atoms with van der Waals surface area (Å²) in [5.74, 6) is 0.0207. The molecule has 2 aromatic carbocycles. The highest BCUT2D eigenvalue weighted by atomic mass is 31.2. The van der Waals surface area contributed by atoms with Crippen molar-refractivity contribution in [3.8, 4) is 0 Å². The topological polar surface area (TPSA) is 55.8 Å². The Hall–Kier alpha value is -1.45.